The van der Waals surface area contributed by atoms with Crippen LogP contribution in [0.25, 0.3) is 4.96 Å². The molecule has 1 aromatic carbocycles. The van der Waals surface area contributed by atoms with Gasteiger partial charge in [0.05, 0.1) is 31.5 Å². The summed E-state index contributed by atoms with van der Waals surface area (Å²) in [6, 6.07) is 5.50. The largest absolute Gasteiger partial charge is 0.495 e. The van der Waals surface area contributed by atoms with Crippen LogP contribution in [0.5, 0.6) is 5.75 Å². The van der Waals surface area contributed by atoms with Crippen molar-refractivity contribution in [2.75, 3.05) is 19.0 Å². The molecule has 2 aromatic heterocycles. The quantitative estimate of drug-likeness (QED) is 0.706. The molecule has 2 N–H and O–H groups in total. The number of amides is 2. The van der Waals surface area contributed by atoms with Gasteiger partial charge in [0, 0.05) is 17.8 Å². The average molecular weight is 358 g/mol. The number of carbonyl (C=O) groups excluding carboxylic acids is 2. The zero-order chi connectivity index (χ0) is 17.8. The van der Waals surface area contributed by atoms with Gasteiger partial charge in [0.1, 0.15) is 5.75 Å². The summed E-state index contributed by atoms with van der Waals surface area (Å²) in [7, 11) is 1.54. The van der Waals surface area contributed by atoms with Crippen LogP contribution in [0, 0.1) is 6.92 Å². The molecule has 0 aliphatic heterocycles. The number of ether oxygens (including phenoxy) is 1. The van der Waals surface area contributed by atoms with E-state index in [-0.39, 0.29) is 24.8 Å². The Morgan fingerprint density at radius 1 is 1.32 bits per heavy atom. The van der Waals surface area contributed by atoms with Gasteiger partial charge in [0.2, 0.25) is 11.8 Å². The third kappa shape index (κ3) is 4.16. The fourth-order valence-electron chi connectivity index (χ4n) is 2.38. The third-order valence-corrected chi connectivity index (χ3v) is 4.33. The molecule has 3 rings (SSSR count). The predicted molar refractivity (Wildman–Crippen MR) is 96.1 cm³/mol. The van der Waals surface area contributed by atoms with E-state index in [1.807, 2.05) is 41.2 Å². The lowest BCUT2D eigenvalue weighted by Gasteiger charge is -2.11. The highest BCUT2D eigenvalue weighted by Gasteiger charge is 2.11. The van der Waals surface area contributed by atoms with Gasteiger partial charge in [-0.15, -0.1) is 11.3 Å². The summed E-state index contributed by atoms with van der Waals surface area (Å²) in [5, 5.41) is 7.27. The number of anilines is 1. The summed E-state index contributed by atoms with van der Waals surface area (Å²) in [6.45, 7) is 1.81. The standard InChI is InChI=1S/C17H18N4O3S/c1-11-3-4-14(24-2)13(7-11)20-16(23)9-18-15(22)8-12-10-21-5-6-25-17(21)19-12/h3-7,10H,8-9H2,1-2H3,(H,18,22)(H,20,23). The Morgan fingerprint density at radius 3 is 2.92 bits per heavy atom. The first-order valence-electron chi connectivity index (χ1n) is 7.67. The SMILES string of the molecule is COc1ccc(C)cc1NC(=O)CNC(=O)Cc1cn2ccsc2n1. The molecule has 0 aliphatic carbocycles. The summed E-state index contributed by atoms with van der Waals surface area (Å²) < 4.78 is 7.08. The van der Waals surface area contributed by atoms with Crippen LogP contribution in [0.1, 0.15) is 11.3 Å². The Morgan fingerprint density at radius 2 is 2.16 bits per heavy atom. The van der Waals surface area contributed by atoms with Gasteiger partial charge in [-0.2, -0.15) is 0 Å². The molecule has 0 fully saturated rings. The number of imidazole rings is 1. The molecule has 2 amide bonds. The molecule has 0 aliphatic rings. The van der Waals surface area contributed by atoms with E-state index in [1.165, 1.54) is 18.4 Å². The minimum absolute atomic E-state index is 0.113. The van der Waals surface area contributed by atoms with Crippen molar-refractivity contribution in [3.63, 3.8) is 0 Å². The van der Waals surface area contributed by atoms with Crippen LogP contribution in [0.4, 0.5) is 5.69 Å². The molecule has 0 atom stereocenters. The Hall–Kier alpha value is -2.87. The van der Waals surface area contributed by atoms with Crippen LogP contribution < -0.4 is 15.4 Å². The van der Waals surface area contributed by atoms with Gasteiger partial charge in [-0.3, -0.25) is 14.0 Å². The summed E-state index contributed by atoms with van der Waals surface area (Å²) in [6.07, 6.45) is 3.83. The lowest BCUT2D eigenvalue weighted by atomic mass is 10.2. The number of methoxy groups -OCH3 is 1. The van der Waals surface area contributed by atoms with Crippen LogP contribution in [-0.2, 0) is 16.0 Å². The van der Waals surface area contributed by atoms with Crippen molar-refractivity contribution in [1.82, 2.24) is 14.7 Å². The van der Waals surface area contributed by atoms with Gasteiger partial charge in [0.15, 0.2) is 4.96 Å². The Labute approximate surface area is 148 Å². The molecule has 130 valence electrons. The molecule has 0 radical (unpaired) electrons. The summed E-state index contributed by atoms with van der Waals surface area (Å²) in [5.41, 5.74) is 2.25. The smallest absolute Gasteiger partial charge is 0.243 e. The number of nitrogens with zero attached hydrogens (tertiary/aromatic N) is 2. The van der Waals surface area contributed by atoms with Gasteiger partial charge in [0.25, 0.3) is 0 Å². The van der Waals surface area contributed by atoms with Crippen LogP contribution >= 0.6 is 11.3 Å². The Kier molecular flexibility index (Phi) is 4.99. The number of nitrogens with one attached hydrogen (secondary N) is 2. The van der Waals surface area contributed by atoms with Crippen molar-refractivity contribution in [1.29, 1.82) is 0 Å². The maximum atomic E-state index is 12.0. The van der Waals surface area contributed by atoms with E-state index in [0.717, 1.165) is 10.5 Å². The van der Waals surface area contributed by atoms with Crippen molar-refractivity contribution in [2.24, 2.45) is 0 Å². The summed E-state index contributed by atoms with van der Waals surface area (Å²) >= 11 is 1.50. The van der Waals surface area contributed by atoms with E-state index < -0.39 is 0 Å². The predicted octanol–water partition coefficient (Wildman–Crippen LogP) is 2.01. The normalized spacial score (nSPS) is 10.6. The zero-order valence-electron chi connectivity index (χ0n) is 13.9. The molecule has 0 saturated heterocycles. The van der Waals surface area contributed by atoms with Crippen molar-refractivity contribution in [3.05, 3.63) is 47.2 Å². The van der Waals surface area contributed by atoms with E-state index in [1.54, 1.807) is 6.07 Å². The van der Waals surface area contributed by atoms with Crippen LogP contribution in [0.2, 0.25) is 0 Å². The van der Waals surface area contributed by atoms with E-state index in [0.29, 0.717) is 17.1 Å². The van der Waals surface area contributed by atoms with Crippen LogP contribution in [0.3, 0.4) is 0 Å². The Bertz CT molecular complexity index is 887. The number of aryl methyl sites for hydroxylation is 1. The number of rotatable bonds is 6. The molecule has 0 saturated carbocycles. The fourth-order valence-corrected chi connectivity index (χ4v) is 3.10. The van der Waals surface area contributed by atoms with E-state index in [2.05, 4.69) is 15.6 Å². The number of hydrogen-bond acceptors (Lipinski definition) is 5. The number of benzene rings is 1. The third-order valence-electron chi connectivity index (χ3n) is 3.56. The second kappa shape index (κ2) is 7.35. The molecule has 0 unspecified atom stereocenters. The zero-order valence-corrected chi connectivity index (χ0v) is 14.7. The van der Waals surface area contributed by atoms with Gasteiger partial charge < -0.3 is 15.4 Å². The number of hydrogen-bond donors (Lipinski definition) is 2. The lowest BCUT2D eigenvalue weighted by molar-refractivity contribution is -0.123. The number of aromatic nitrogens is 2. The molecule has 0 spiro atoms. The topological polar surface area (TPSA) is 84.7 Å². The highest BCUT2D eigenvalue weighted by molar-refractivity contribution is 7.15. The lowest BCUT2D eigenvalue weighted by Crippen LogP contribution is -2.33. The molecular formula is C17H18N4O3S. The van der Waals surface area contributed by atoms with Gasteiger partial charge >= 0.3 is 0 Å². The van der Waals surface area contributed by atoms with Gasteiger partial charge in [-0.25, -0.2) is 4.98 Å². The summed E-state index contributed by atoms with van der Waals surface area (Å²) in [5.74, 6) is 0.00328. The number of carbonyl (C=O) groups is 2. The fraction of sp³-hybridized carbons (Fsp3) is 0.235. The maximum absolute atomic E-state index is 12.0. The second-order valence-electron chi connectivity index (χ2n) is 5.53. The number of fused-ring (bicyclic) bond motifs is 1. The van der Waals surface area contributed by atoms with E-state index in [4.69, 9.17) is 4.74 Å². The molecule has 8 heteroatoms. The molecule has 3 aromatic rings. The first-order valence-corrected chi connectivity index (χ1v) is 8.55. The van der Waals surface area contributed by atoms with E-state index >= 15 is 0 Å². The first kappa shape index (κ1) is 17.0. The number of thiazole rings is 1. The van der Waals surface area contributed by atoms with Crippen molar-refractivity contribution < 1.29 is 14.3 Å². The minimum atomic E-state index is -0.317. The van der Waals surface area contributed by atoms with Gasteiger partial charge in [-0.1, -0.05) is 6.07 Å². The van der Waals surface area contributed by atoms with Crippen LogP contribution in [-0.4, -0.2) is 34.9 Å². The molecule has 2 heterocycles. The highest BCUT2D eigenvalue weighted by atomic mass is 32.1. The maximum Gasteiger partial charge on any atom is 0.243 e. The van der Waals surface area contributed by atoms with Crippen molar-refractivity contribution >= 4 is 33.8 Å². The molecule has 25 heavy (non-hydrogen) atoms. The van der Waals surface area contributed by atoms with Crippen LogP contribution in [0.15, 0.2) is 36.0 Å². The Balaban J connectivity index is 1.52. The second-order valence-corrected chi connectivity index (χ2v) is 6.40. The van der Waals surface area contributed by atoms with E-state index in [9.17, 15) is 9.59 Å². The average Bonchev–Trinajstić information content (AvgIpc) is 3.14. The molecular weight excluding hydrogens is 340 g/mol. The minimum Gasteiger partial charge on any atom is -0.495 e. The monoisotopic (exact) mass is 358 g/mol. The molecule has 7 nitrogen and oxygen atoms in total. The van der Waals surface area contributed by atoms with Crippen molar-refractivity contribution in [3.8, 4) is 5.75 Å². The molecule has 0 bridgehead atoms. The first-order chi connectivity index (χ1) is 12.0. The van der Waals surface area contributed by atoms with Gasteiger partial charge in [-0.05, 0) is 24.6 Å². The summed E-state index contributed by atoms with van der Waals surface area (Å²) in [4.78, 5) is 29.2. The van der Waals surface area contributed by atoms with Crippen molar-refractivity contribution in [2.45, 2.75) is 13.3 Å². The highest BCUT2D eigenvalue weighted by Crippen LogP contribution is 2.24.